The number of anilines is 1. The van der Waals surface area contributed by atoms with Crippen molar-refractivity contribution in [1.29, 1.82) is 0 Å². The molecule has 2 aliphatic rings. The van der Waals surface area contributed by atoms with Crippen LogP contribution in [0.3, 0.4) is 0 Å². The van der Waals surface area contributed by atoms with Gasteiger partial charge in [-0.15, -0.1) is 11.8 Å². The highest BCUT2D eigenvalue weighted by molar-refractivity contribution is 8.01. The minimum atomic E-state index is -1.34. The van der Waals surface area contributed by atoms with Gasteiger partial charge in [0.05, 0.1) is 17.8 Å². The second-order valence-corrected chi connectivity index (χ2v) is 8.87. The topological polar surface area (TPSA) is 40.6 Å². The fraction of sp³-hybridized carbons (Fsp3) is 0.167. The second-order valence-electron chi connectivity index (χ2n) is 7.59. The predicted molar refractivity (Wildman–Crippen MR) is 116 cm³/mol. The Morgan fingerprint density at radius 1 is 0.938 bits per heavy atom. The average molecular weight is 454 g/mol. The molecule has 4 nitrogen and oxygen atoms in total. The van der Waals surface area contributed by atoms with Crippen molar-refractivity contribution in [3.8, 4) is 0 Å². The van der Waals surface area contributed by atoms with Gasteiger partial charge in [0.2, 0.25) is 0 Å². The average Bonchev–Trinajstić information content (AvgIpc) is 3.33. The number of fused-ring (bicyclic) bond motifs is 2. The Morgan fingerprint density at radius 2 is 1.69 bits per heavy atom. The molecule has 0 aromatic heterocycles. The van der Waals surface area contributed by atoms with Gasteiger partial charge in [0, 0.05) is 17.9 Å². The molecule has 1 unspecified atom stereocenters. The van der Waals surface area contributed by atoms with Crippen LogP contribution >= 0.6 is 11.8 Å². The lowest BCUT2D eigenvalue weighted by Gasteiger charge is -2.33. The van der Waals surface area contributed by atoms with Crippen LogP contribution in [-0.4, -0.2) is 29.0 Å². The summed E-state index contributed by atoms with van der Waals surface area (Å²) >= 11 is 1.32. The first kappa shape index (κ1) is 20.6. The molecule has 2 amide bonds. The summed E-state index contributed by atoms with van der Waals surface area (Å²) in [5, 5.41) is 0. The molecule has 2 aliphatic heterocycles. The summed E-state index contributed by atoms with van der Waals surface area (Å²) in [5.74, 6) is -3.04. The summed E-state index contributed by atoms with van der Waals surface area (Å²) < 4.78 is 41.5. The van der Waals surface area contributed by atoms with Crippen LogP contribution in [0.15, 0.2) is 66.7 Å². The van der Waals surface area contributed by atoms with E-state index < -0.39 is 28.2 Å². The molecule has 1 saturated heterocycles. The molecule has 1 atom stereocenters. The molecule has 0 aliphatic carbocycles. The summed E-state index contributed by atoms with van der Waals surface area (Å²) in [6, 6.07) is 16.3. The van der Waals surface area contributed by atoms with Crippen molar-refractivity contribution in [2.24, 2.45) is 0 Å². The van der Waals surface area contributed by atoms with Crippen molar-refractivity contribution < 1.29 is 22.8 Å². The van der Waals surface area contributed by atoms with Crippen molar-refractivity contribution in [2.45, 2.75) is 11.4 Å². The van der Waals surface area contributed by atoms with Gasteiger partial charge >= 0.3 is 0 Å². The number of hydrogen-bond donors (Lipinski definition) is 0. The van der Waals surface area contributed by atoms with E-state index in [0.29, 0.717) is 22.6 Å². The zero-order chi connectivity index (χ0) is 22.5. The summed E-state index contributed by atoms with van der Waals surface area (Å²) in [5.41, 5.74) is 1.53. The number of carbonyl (C=O) groups excluding carboxylic acids is 2. The zero-order valence-corrected chi connectivity index (χ0v) is 17.5. The lowest BCUT2D eigenvalue weighted by Crippen LogP contribution is -2.50. The maximum Gasteiger partial charge on any atom is 0.268 e. The summed E-state index contributed by atoms with van der Waals surface area (Å²) in [4.78, 5) is 28.7. The SMILES string of the molecule is O=C(c1ccccc1F)N1CCSC12C(=O)N(Cc1ccc(F)c(F)c1)c1ccccc12. The van der Waals surface area contributed by atoms with Crippen LogP contribution in [0, 0.1) is 17.5 Å². The first-order valence-electron chi connectivity index (χ1n) is 9.99. The highest BCUT2D eigenvalue weighted by Crippen LogP contribution is 2.54. The van der Waals surface area contributed by atoms with Gasteiger partial charge in [-0.25, -0.2) is 13.2 Å². The minimum absolute atomic E-state index is 0.0110. The van der Waals surface area contributed by atoms with Crippen LogP contribution in [0.4, 0.5) is 18.9 Å². The molecule has 0 N–H and O–H groups in total. The van der Waals surface area contributed by atoms with Gasteiger partial charge in [-0.3, -0.25) is 9.59 Å². The van der Waals surface area contributed by atoms with E-state index >= 15 is 0 Å². The molecule has 2 heterocycles. The molecule has 3 aromatic carbocycles. The van der Waals surface area contributed by atoms with Crippen molar-refractivity contribution >= 4 is 29.3 Å². The smallest absolute Gasteiger partial charge is 0.268 e. The number of thioether (sulfide) groups is 1. The van der Waals surface area contributed by atoms with Gasteiger partial charge in [-0.1, -0.05) is 36.4 Å². The van der Waals surface area contributed by atoms with Crippen LogP contribution in [0.2, 0.25) is 0 Å². The third-order valence-electron chi connectivity index (χ3n) is 5.78. The number of halogens is 3. The summed E-state index contributed by atoms with van der Waals surface area (Å²) in [7, 11) is 0. The minimum Gasteiger partial charge on any atom is -0.311 e. The van der Waals surface area contributed by atoms with Crippen LogP contribution in [-0.2, 0) is 16.2 Å². The zero-order valence-electron chi connectivity index (χ0n) is 16.7. The Hall–Kier alpha value is -3.26. The van der Waals surface area contributed by atoms with E-state index in [1.54, 1.807) is 30.3 Å². The Balaban J connectivity index is 1.58. The molecule has 0 bridgehead atoms. The molecule has 32 heavy (non-hydrogen) atoms. The summed E-state index contributed by atoms with van der Waals surface area (Å²) in [6.45, 7) is 0.286. The molecule has 5 rings (SSSR count). The molecule has 3 aromatic rings. The van der Waals surface area contributed by atoms with Crippen LogP contribution in [0.5, 0.6) is 0 Å². The van der Waals surface area contributed by atoms with Crippen LogP contribution in [0.1, 0.15) is 21.5 Å². The first-order valence-corrected chi connectivity index (χ1v) is 11.0. The fourth-order valence-corrected chi connectivity index (χ4v) is 5.79. The summed E-state index contributed by atoms with van der Waals surface area (Å²) in [6.07, 6.45) is 0. The first-order chi connectivity index (χ1) is 15.4. The standard InChI is InChI=1S/C24H17F3N2O2S/c25-18-7-3-1-5-16(18)22(30)29-11-12-32-24(29)17-6-2-4-8-21(17)28(23(24)31)14-15-9-10-19(26)20(27)13-15/h1-10,13H,11-12,14H2. The monoisotopic (exact) mass is 454 g/mol. The van der Waals surface area contributed by atoms with E-state index in [9.17, 15) is 22.8 Å². The molecule has 1 fully saturated rings. The van der Waals surface area contributed by atoms with Gasteiger partial charge < -0.3 is 9.80 Å². The number of para-hydroxylation sites is 1. The Bertz CT molecular complexity index is 1250. The highest BCUT2D eigenvalue weighted by atomic mass is 32.2. The van der Waals surface area contributed by atoms with Crippen LogP contribution < -0.4 is 4.90 Å². The predicted octanol–water partition coefficient (Wildman–Crippen LogP) is 4.69. The van der Waals surface area contributed by atoms with Crippen molar-refractivity contribution in [3.05, 3.63) is 101 Å². The van der Waals surface area contributed by atoms with Gasteiger partial charge in [-0.2, -0.15) is 0 Å². The number of rotatable bonds is 3. The number of nitrogens with zero attached hydrogens (tertiary/aromatic N) is 2. The third kappa shape index (κ3) is 3.01. The fourth-order valence-electron chi connectivity index (χ4n) is 4.33. The van der Waals surface area contributed by atoms with E-state index in [1.807, 2.05) is 0 Å². The van der Waals surface area contributed by atoms with E-state index in [0.717, 1.165) is 12.1 Å². The largest absolute Gasteiger partial charge is 0.311 e. The highest BCUT2D eigenvalue weighted by Gasteiger charge is 2.59. The lowest BCUT2D eigenvalue weighted by atomic mass is 10.0. The normalized spacial score (nSPS) is 19.7. The van der Waals surface area contributed by atoms with Crippen molar-refractivity contribution in [2.75, 3.05) is 17.2 Å². The molecule has 0 saturated carbocycles. The maximum atomic E-state index is 14.4. The lowest BCUT2D eigenvalue weighted by molar-refractivity contribution is -0.123. The Kier molecular flexibility index (Phi) is 4.97. The Morgan fingerprint density at radius 3 is 2.47 bits per heavy atom. The third-order valence-corrected chi connectivity index (χ3v) is 7.19. The number of hydrogen-bond acceptors (Lipinski definition) is 3. The van der Waals surface area contributed by atoms with E-state index in [1.165, 1.54) is 45.8 Å². The number of amides is 2. The van der Waals surface area contributed by atoms with Crippen LogP contribution in [0.25, 0.3) is 0 Å². The van der Waals surface area contributed by atoms with Crippen molar-refractivity contribution in [1.82, 2.24) is 4.90 Å². The van der Waals surface area contributed by atoms with E-state index in [-0.39, 0.29) is 24.6 Å². The molecule has 1 spiro atoms. The quantitative estimate of drug-likeness (QED) is 0.577. The van der Waals surface area contributed by atoms with Gasteiger partial charge in [0.25, 0.3) is 11.8 Å². The van der Waals surface area contributed by atoms with Gasteiger partial charge in [0.15, 0.2) is 16.5 Å². The molecular formula is C24H17F3N2O2S. The molecule has 162 valence electrons. The molecule has 0 radical (unpaired) electrons. The van der Waals surface area contributed by atoms with E-state index in [4.69, 9.17) is 0 Å². The molecule has 8 heteroatoms. The second kappa shape index (κ2) is 7.70. The van der Waals surface area contributed by atoms with Crippen molar-refractivity contribution in [3.63, 3.8) is 0 Å². The van der Waals surface area contributed by atoms with Gasteiger partial charge in [-0.05, 0) is 35.9 Å². The molecular weight excluding hydrogens is 437 g/mol. The number of benzene rings is 3. The number of carbonyl (C=O) groups is 2. The Labute approximate surface area is 186 Å². The van der Waals surface area contributed by atoms with Gasteiger partial charge in [0.1, 0.15) is 5.82 Å². The maximum absolute atomic E-state index is 14.4. The van der Waals surface area contributed by atoms with E-state index in [2.05, 4.69) is 0 Å².